The standard InChI is InChI=1S/C18H23N/c1-14-8-7-11-18(12-14)16(3)19-15(2)13-17-9-5-4-6-10-17/h4-12,15-16,19H,13H2,1-3H3/t15?,16-/m1/s1. The van der Waals surface area contributed by atoms with Gasteiger partial charge in [-0.2, -0.15) is 0 Å². The van der Waals surface area contributed by atoms with Gasteiger partial charge in [0.25, 0.3) is 0 Å². The third-order valence-corrected chi connectivity index (χ3v) is 3.46. The maximum Gasteiger partial charge on any atom is 0.0294 e. The molecule has 1 heteroatoms. The van der Waals surface area contributed by atoms with Gasteiger partial charge >= 0.3 is 0 Å². The van der Waals surface area contributed by atoms with Crippen LogP contribution in [0, 0.1) is 6.92 Å². The van der Waals surface area contributed by atoms with Crippen molar-refractivity contribution >= 4 is 0 Å². The maximum atomic E-state index is 3.67. The Morgan fingerprint density at radius 3 is 2.37 bits per heavy atom. The summed E-state index contributed by atoms with van der Waals surface area (Å²) in [5.74, 6) is 0. The van der Waals surface area contributed by atoms with E-state index in [0.717, 1.165) is 6.42 Å². The van der Waals surface area contributed by atoms with Gasteiger partial charge < -0.3 is 5.32 Å². The molecule has 0 aliphatic heterocycles. The zero-order chi connectivity index (χ0) is 13.7. The van der Waals surface area contributed by atoms with E-state index in [0.29, 0.717) is 12.1 Å². The molecule has 1 nitrogen and oxygen atoms in total. The summed E-state index contributed by atoms with van der Waals surface area (Å²) in [5, 5.41) is 3.67. The Morgan fingerprint density at radius 1 is 0.947 bits per heavy atom. The third-order valence-electron chi connectivity index (χ3n) is 3.46. The largest absolute Gasteiger partial charge is 0.307 e. The van der Waals surface area contributed by atoms with Gasteiger partial charge in [-0.1, -0.05) is 60.2 Å². The molecule has 19 heavy (non-hydrogen) atoms. The minimum Gasteiger partial charge on any atom is -0.307 e. The summed E-state index contributed by atoms with van der Waals surface area (Å²) in [6.07, 6.45) is 1.07. The molecule has 1 N–H and O–H groups in total. The van der Waals surface area contributed by atoms with Crippen molar-refractivity contribution in [3.63, 3.8) is 0 Å². The average molecular weight is 253 g/mol. The molecule has 0 bridgehead atoms. The topological polar surface area (TPSA) is 12.0 Å². The van der Waals surface area contributed by atoms with E-state index in [4.69, 9.17) is 0 Å². The smallest absolute Gasteiger partial charge is 0.0294 e. The molecule has 2 aromatic rings. The van der Waals surface area contributed by atoms with Crippen molar-refractivity contribution in [2.75, 3.05) is 0 Å². The summed E-state index contributed by atoms with van der Waals surface area (Å²) in [7, 11) is 0. The van der Waals surface area contributed by atoms with Crippen LogP contribution in [0.3, 0.4) is 0 Å². The minimum absolute atomic E-state index is 0.388. The first-order valence-corrected chi connectivity index (χ1v) is 7.01. The van der Waals surface area contributed by atoms with Gasteiger partial charge in [0.2, 0.25) is 0 Å². The normalized spacial score (nSPS) is 14.1. The Morgan fingerprint density at radius 2 is 1.68 bits per heavy atom. The molecule has 2 atom stereocenters. The Hall–Kier alpha value is -1.60. The van der Waals surface area contributed by atoms with E-state index in [9.17, 15) is 0 Å². The van der Waals surface area contributed by atoms with Gasteiger partial charge in [-0.3, -0.25) is 0 Å². The fourth-order valence-electron chi connectivity index (χ4n) is 2.49. The summed E-state index contributed by atoms with van der Waals surface area (Å²) in [6.45, 7) is 6.62. The second-order valence-corrected chi connectivity index (χ2v) is 5.39. The van der Waals surface area contributed by atoms with Crippen molar-refractivity contribution in [3.8, 4) is 0 Å². The van der Waals surface area contributed by atoms with E-state index in [1.54, 1.807) is 0 Å². The summed E-state index contributed by atoms with van der Waals surface area (Å²) >= 11 is 0. The number of aryl methyl sites for hydroxylation is 1. The van der Waals surface area contributed by atoms with E-state index in [1.165, 1.54) is 16.7 Å². The van der Waals surface area contributed by atoms with Crippen LogP contribution in [0.25, 0.3) is 0 Å². The Labute approximate surface area is 116 Å². The molecule has 2 aromatic carbocycles. The fourth-order valence-corrected chi connectivity index (χ4v) is 2.49. The lowest BCUT2D eigenvalue weighted by Crippen LogP contribution is -2.30. The molecule has 0 amide bonds. The average Bonchev–Trinajstić information content (AvgIpc) is 2.39. The third kappa shape index (κ3) is 4.22. The van der Waals surface area contributed by atoms with E-state index >= 15 is 0 Å². The maximum absolute atomic E-state index is 3.67. The zero-order valence-corrected chi connectivity index (χ0v) is 12.1. The van der Waals surface area contributed by atoms with Gasteiger partial charge in [0.1, 0.15) is 0 Å². The second kappa shape index (κ2) is 6.53. The van der Waals surface area contributed by atoms with E-state index < -0.39 is 0 Å². The molecule has 0 fully saturated rings. The lowest BCUT2D eigenvalue weighted by molar-refractivity contribution is 0.477. The van der Waals surface area contributed by atoms with Crippen LogP contribution in [-0.4, -0.2) is 6.04 Å². The molecular weight excluding hydrogens is 230 g/mol. The van der Waals surface area contributed by atoms with Crippen molar-refractivity contribution in [2.24, 2.45) is 0 Å². The molecule has 2 rings (SSSR count). The van der Waals surface area contributed by atoms with Crippen LogP contribution >= 0.6 is 0 Å². The lowest BCUT2D eigenvalue weighted by Gasteiger charge is -2.21. The van der Waals surface area contributed by atoms with Crippen molar-refractivity contribution in [1.29, 1.82) is 0 Å². The van der Waals surface area contributed by atoms with Crippen LogP contribution in [0.5, 0.6) is 0 Å². The molecule has 0 heterocycles. The van der Waals surface area contributed by atoms with Gasteiger partial charge in [0.05, 0.1) is 0 Å². The first-order valence-electron chi connectivity index (χ1n) is 7.01. The van der Waals surface area contributed by atoms with Crippen LogP contribution in [-0.2, 0) is 6.42 Å². The molecule has 0 aliphatic rings. The molecule has 100 valence electrons. The monoisotopic (exact) mass is 253 g/mol. The molecular formula is C18H23N. The predicted octanol–water partition coefficient (Wildman–Crippen LogP) is 4.28. The summed E-state index contributed by atoms with van der Waals surface area (Å²) in [5.41, 5.74) is 4.07. The van der Waals surface area contributed by atoms with Crippen LogP contribution in [0.2, 0.25) is 0 Å². The second-order valence-electron chi connectivity index (χ2n) is 5.39. The van der Waals surface area contributed by atoms with Crippen molar-refractivity contribution < 1.29 is 0 Å². The highest BCUT2D eigenvalue weighted by Crippen LogP contribution is 2.15. The summed E-state index contributed by atoms with van der Waals surface area (Å²) < 4.78 is 0. The minimum atomic E-state index is 0.388. The lowest BCUT2D eigenvalue weighted by atomic mass is 10.0. The van der Waals surface area contributed by atoms with Gasteiger partial charge in [-0.25, -0.2) is 0 Å². The highest BCUT2D eigenvalue weighted by Gasteiger charge is 2.09. The number of benzene rings is 2. The van der Waals surface area contributed by atoms with Crippen LogP contribution in [0.1, 0.15) is 36.6 Å². The number of hydrogen-bond donors (Lipinski definition) is 1. The highest BCUT2D eigenvalue weighted by molar-refractivity contribution is 5.25. The Kier molecular flexibility index (Phi) is 4.75. The number of rotatable bonds is 5. The van der Waals surface area contributed by atoms with E-state index in [-0.39, 0.29) is 0 Å². The number of nitrogens with one attached hydrogen (secondary N) is 1. The van der Waals surface area contributed by atoms with Crippen LogP contribution in [0.15, 0.2) is 54.6 Å². The van der Waals surface area contributed by atoms with Crippen LogP contribution in [0.4, 0.5) is 0 Å². The Balaban J connectivity index is 1.93. The summed E-state index contributed by atoms with van der Waals surface area (Å²) in [4.78, 5) is 0. The first-order chi connectivity index (χ1) is 9.15. The van der Waals surface area contributed by atoms with E-state index in [1.807, 2.05) is 0 Å². The zero-order valence-electron chi connectivity index (χ0n) is 12.1. The quantitative estimate of drug-likeness (QED) is 0.838. The highest BCUT2D eigenvalue weighted by atomic mass is 14.9. The van der Waals surface area contributed by atoms with Gasteiger partial charge in [0, 0.05) is 12.1 Å². The van der Waals surface area contributed by atoms with Gasteiger partial charge in [0.15, 0.2) is 0 Å². The summed E-state index contributed by atoms with van der Waals surface area (Å²) in [6, 6.07) is 20.2. The number of hydrogen-bond acceptors (Lipinski definition) is 1. The fraction of sp³-hybridized carbons (Fsp3) is 0.333. The Bertz CT molecular complexity index is 504. The van der Waals surface area contributed by atoms with Gasteiger partial charge in [-0.15, -0.1) is 0 Å². The van der Waals surface area contributed by atoms with Crippen molar-refractivity contribution in [2.45, 2.75) is 39.3 Å². The molecule has 0 radical (unpaired) electrons. The van der Waals surface area contributed by atoms with Crippen LogP contribution < -0.4 is 5.32 Å². The first kappa shape index (κ1) is 13.8. The SMILES string of the molecule is Cc1cccc([C@@H](C)NC(C)Cc2ccccc2)c1. The molecule has 0 spiro atoms. The molecule has 0 saturated carbocycles. The predicted molar refractivity (Wildman–Crippen MR) is 82.3 cm³/mol. The van der Waals surface area contributed by atoms with Crippen molar-refractivity contribution in [1.82, 2.24) is 5.32 Å². The molecule has 0 saturated heterocycles. The molecule has 1 unspecified atom stereocenters. The van der Waals surface area contributed by atoms with E-state index in [2.05, 4.69) is 80.7 Å². The molecule has 0 aliphatic carbocycles. The molecule has 0 aromatic heterocycles. The van der Waals surface area contributed by atoms with Gasteiger partial charge in [-0.05, 0) is 38.3 Å². The van der Waals surface area contributed by atoms with Crippen molar-refractivity contribution in [3.05, 3.63) is 71.3 Å².